The van der Waals surface area contributed by atoms with Gasteiger partial charge in [-0.15, -0.1) is 0 Å². The summed E-state index contributed by atoms with van der Waals surface area (Å²) in [7, 11) is 0. The maximum absolute atomic E-state index is 2.26. The SMILES string of the molecule is CC.Cc1ccc(CC2CC2)cc1. The molecule has 1 aromatic rings. The van der Waals surface area contributed by atoms with Crippen molar-refractivity contribution in [3.63, 3.8) is 0 Å². The minimum atomic E-state index is 1.01. The van der Waals surface area contributed by atoms with E-state index < -0.39 is 0 Å². The van der Waals surface area contributed by atoms with Gasteiger partial charge in [0.2, 0.25) is 0 Å². The van der Waals surface area contributed by atoms with E-state index in [0.717, 1.165) is 5.92 Å². The molecule has 0 aromatic heterocycles. The standard InChI is InChI=1S/C11H14.C2H6/c1-9-2-4-10(5-3-9)8-11-6-7-11;1-2/h2-5,11H,6-8H2,1H3;1-2H3. The lowest BCUT2D eigenvalue weighted by molar-refractivity contribution is 0.832. The van der Waals surface area contributed by atoms with Gasteiger partial charge in [0.1, 0.15) is 0 Å². The Morgan fingerprint density at radius 1 is 1.08 bits per heavy atom. The summed E-state index contributed by atoms with van der Waals surface area (Å²) in [6, 6.07) is 8.93. The summed E-state index contributed by atoms with van der Waals surface area (Å²) < 4.78 is 0. The van der Waals surface area contributed by atoms with E-state index in [-0.39, 0.29) is 0 Å². The molecule has 0 aliphatic heterocycles. The molecular weight excluding hydrogens is 156 g/mol. The van der Waals surface area contributed by atoms with E-state index in [0.29, 0.717) is 0 Å². The van der Waals surface area contributed by atoms with Crippen LogP contribution in [-0.2, 0) is 6.42 Å². The Morgan fingerprint density at radius 2 is 1.62 bits per heavy atom. The molecule has 13 heavy (non-hydrogen) atoms. The topological polar surface area (TPSA) is 0 Å². The van der Waals surface area contributed by atoms with E-state index in [9.17, 15) is 0 Å². The van der Waals surface area contributed by atoms with E-state index in [2.05, 4.69) is 31.2 Å². The van der Waals surface area contributed by atoms with Crippen LogP contribution in [0.3, 0.4) is 0 Å². The van der Waals surface area contributed by atoms with Gasteiger partial charge in [-0.1, -0.05) is 43.7 Å². The molecule has 0 radical (unpaired) electrons. The lowest BCUT2D eigenvalue weighted by atomic mass is 10.1. The summed E-state index contributed by atoms with van der Waals surface area (Å²) in [5.41, 5.74) is 2.88. The van der Waals surface area contributed by atoms with Crippen molar-refractivity contribution in [2.75, 3.05) is 0 Å². The largest absolute Gasteiger partial charge is 0.0683 e. The summed E-state index contributed by atoms with van der Waals surface area (Å²) in [4.78, 5) is 0. The van der Waals surface area contributed by atoms with Gasteiger partial charge in [-0.25, -0.2) is 0 Å². The second-order valence-corrected chi connectivity index (χ2v) is 3.63. The van der Waals surface area contributed by atoms with Crippen molar-refractivity contribution in [2.45, 2.75) is 40.0 Å². The first-order valence-electron chi connectivity index (χ1n) is 5.40. The molecule has 0 amide bonds. The van der Waals surface area contributed by atoms with Gasteiger partial charge in [0, 0.05) is 0 Å². The molecule has 0 bridgehead atoms. The first-order chi connectivity index (χ1) is 6.34. The minimum absolute atomic E-state index is 1.01. The maximum Gasteiger partial charge on any atom is -0.0250 e. The molecule has 1 saturated carbocycles. The average Bonchev–Trinajstić information content (AvgIpc) is 2.96. The van der Waals surface area contributed by atoms with Gasteiger partial charge < -0.3 is 0 Å². The lowest BCUT2D eigenvalue weighted by Gasteiger charge is -1.98. The third-order valence-electron chi connectivity index (χ3n) is 2.34. The second kappa shape index (κ2) is 5.06. The van der Waals surface area contributed by atoms with Gasteiger partial charge in [-0.2, -0.15) is 0 Å². The average molecular weight is 176 g/mol. The van der Waals surface area contributed by atoms with Crippen LogP contribution in [0, 0.1) is 12.8 Å². The normalized spacial score (nSPS) is 14.7. The molecular formula is C13H20. The molecule has 1 aromatic carbocycles. The maximum atomic E-state index is 2.26. The van der Waals surface area contributed by atoms with E-state index in [1.54, 1.807) is 0 Å². The van der Waals surface area contributed by atoms with E-state index in [4.69, 9.17) is 0 Å². The van der Waals surface area contributed by atoms with E-state index >= 15 is 0 Å². The van der Waals surface area contributed by atoms with Gasteiger partial charge in [-0.05, 0) is 37.7 Å². The quantitative estimate of drug-likeness (QED) is 0.639. The van der Waals surface area contributed by atoms with Crippen LogP contribution in [0.1, 0.15) is 37.8 Å². The van der Waals surface area contributed by atoms with Crippen LogP contribution in [-0.4, -0.2) is 0 Å². The van der Waals surface area contributed by atoms with Crippen LogP contribution in [0.5, 0.6) is 0 Å². The van der Waals surface area contributed by atoms with Crippen molar-refractivity contribution >= 4 is 0 Å². The molecule has 0 heterocycles. The summed E-state index contributed by atoms with van der Waals surface area (Å²) in [5.74, 6) is 1.01. The molecule has 2 rings (SSSR count). The number of rotatable bonds is 2. The highest BCUT2D eigenvalue weighted by molar-refractivity contribution is 5.22. The zero-order valence-corrected chi connectivity index (χ0v) is 9.01. The van der Waals surface area contributed by atoms with Crippen molar-refractivity contribution in [2.24, 2.45) is 5.92 Å². The Morgan fingerprint density at radius 3 is 2.08 bits per heavy atom. The fourth-order valence-electron chi connectivity index (χ4n) is 1.38. The van der Waals surface area contributed by atoms with E-state index in [1.807, 2.05) is 13.8 Å². The third kappa shape index (κ3) is 3.63. The highest BCUT2D eigenvalue weighted by Gasteiger charge is 2.20. The molecule has 0 saturated heterocycles. The van der Waals surface area contributed by atoms with Gasteiger partial charge in [-0.3, -0.25) is 0 Å². The van der Waals surface area contributed by atoms with Crippen LogP contribution in [0.15, 0.2) is 24.3 Å². The third-order valence-corrected chi connectivity index (χ3v) is 2.34. The lowest BCUT2D eigenvalue weighted by Crippen LogP contribution is -1.85. The zero-order valence-electron chi connectivity index (χ0n) is 9.01. The summed E-state index contributed by atoms with van der Waals surface area (Å²) in [6.45, 7) is 6.14. The van der Waals surface area contributed by atoms with Gasteiger partial charge in [0.15, 0.2) is 0 Å². The number of hydrogen-bond donors (Lipinski definition) is 0. The van der Waals surface area contributed by atoms with Gasteiger partial charge in [0.25, 0.3) is 0 Å². The molecule has 1 aliphatic carbocycles. The molecule has 1 aliphatic rings. The number of hydrogen-bond acceptors (Lipinski definition) is 0. The molecule has 0 atom stereocenters. The smallest absolute Gasteiger partial charge is 0.0250 e. The Bertz CT molecular complexity index is 229. The zero-order chi connectivity index (χ0) is 9.68. The van der Waals surface area contributed by atoms with Crippen molar-refractivity contribution in [3.05, 3.63) is 35.4 Å². The molecule has 0 spiro atoms. The van der Waals surface area contributed by atoms with Gasteiger partial charge in [0.05, 0.1) is 0 Å². The van der Waals surface area contributed by atoms with Crippen molar-refractivity contribution < 1.29 is 0 Å². The van der Waals surface area contributed by atoms with Crippen LogP contribution >= 0.6 is 0 Å². The first kappa shape index (κ1) is 10.3. The summed E-state index contributed by atoms with van der Waals surface area (Å²) >= 11 is 0. The fourth-order valence-corrected chi connectivity index (χ4v) is 1.38. The van der Waals surface area contributed by atoms with Crippen LogP contribution in [0.4, 0.5) is 0 Å². The Balaban J connectivity index is 0.000000396. The minimum Gasteiger partial charge on any atom is -0.0683 e. The molecule has 0 nitrogen and oxygen atoms in total. The second-order valence-electron chi connectivity index (χ2n) is 3.63. The summed E-state index contributed by atoms with van der Waals surface area (Å²) in [5, 5.41) is 0. The Kier molecular flexibility index (Phi) is 4.01. The van der Waals surface area contributed by atoms with Crippen molar-refractivity contribution in [1.29, 1.82) is 0 Å². The molecule has 0 unspecified atom stereocenters. The summed E-state index contributed by atoms with van der Waals surface area (Å²) in [6.07, 6.45) is 4.21. The monoisotopic (exact) mass is 176 g/mol. The van der Waals surface area contributed by atoms with Crippen molar-refractivity contribution in [1.82, 2.24) is 0 Å². The Hall–Kier alpha value is -0.780. The van der Waals surface area contributed by atoms with Crippen LogP contribution < -0.4 is 0 Å². The molecule has 0 heteroatoms. The highest BCUT2D eigenvalue weighted by Crippen LogP contribution is 2.32. The fraction of sp³-hybridized carbons (Fsp3) is 0.538. The van der Waals surface area contributed by atoms with Crippen LogP contribution in [0.2, 0.25) is 0 Å². The predicted molar refractivity (Wildman–Crippen MR) is 59.0 cm³/mol. The highest BCUT2D eigenvalue weighted by atomic mass is 14.3. The first-order valence-corrected chi connectivity index (χ1v) is 5.40. The molecule has 72 valence electrons. The van der Waals surface area contributed by atoms with Gasteiger partial charge >= 0.3 is 0 Å². The predicted octanol–water partition coefficient (Wildman–Crippen LogP) is 3.97. The molecule has 1 fully saturated rings. The number of aryl methyl sites for hydroxylation is 1. The number of benzene rings is 1. The van der Waals surface area contributed by atoms with Crippen molar-refractivity contribution in [3.8, 4) is 0 Å². The van der Waals surface area contributed by atoms with E-state index in [1.165, 1.54) is 30.4 Å². The Labute approximate surface area is 82.0 Å². The molecule has 0 N–H and O–H groups in total. The van der Waals surface area contributed by atoms with Crippen LogP contribution in [0.25, 0.3) is 0 Å².